The molecule has 1 aromatic rings. The molecule has 7 nitrogen and oxygen atoms in total. The van der Waals surface area contributed by atoms with Gasteiger partial charge in [0.15, 0.2) is 0 Å². The van der Waals surface area contributed by atoms with Crippen LogP contribution in [0.15, 0.2) is 24.3 Å². The number of nitro benzene ring substituents is 1. The molecule has 0 bridgehead atoms. The van der Waals surface area contributed by atoms with Crippen molar-refractivity contribution in [3.8, 4) is 0 Å². The molecule has 1 N–H and O–H groups in total. The number of carbonyl (C=O) groups excluding carboxylic acids is 1. The van der Waals surface area contributed by atoms with Crippen LogP contribution in [0.3, 0.4) is 0 Å². The molecular weight excluding hydrogens is 308 g/mol. The Morgan fingerprint density at radius 1 is 1.25 bits per heavy atom. The predicted molar refractivity (Wildman–Crippen MR) is 94.1 cm³/mol. The number of piperazine rings is 1. The van der Waals surface area contributed by atoms with E-state index in [9.17, 15) is 14.9 Å². The smallest absolute Gasteiger partial charge is 0.292 e. The predicted octanol–water partition coefficient (Wildman–Crippen LogP) is 2.20. The van der Waals surface area contributed by atoms with Gasteiger partial charge in [0, 0.05) is 51.8 Å². The molecule has 1 aromatic carbocycles. The number of hydrogen-bond acceptors (Lipinski definition) is 5. The number of carbonyl (C=O) groups is 1. The SMILES string of the molecule is CC(C)CN1CCN(C(=O)CCNc2ccccc2[N+](=O)[O-])CC1. The molecule has 1 saturated heterocycles. The van der Waals surface area contributed by atoms with E-state index in [-0.39, 0.29) is 11.6 Å². The summed E-state index contributed by atoms with van der Waals surface area (Å²) in [4.78, 5) is 27.1. The third-order valence-electron chi connectivity index (χ3n) is 4.10. The van der Waals surface area contributed by atoms with Crippen molar-refractivity contribution < 1.29 is 9.72 Å². The Bertz CT molecular complexity index is 569. The number of nitro groups is 1. The van der Waals surface area contributed by atoms with Crippen molar-refractivity contribution in [2.24, 2.45) is 5.92 Å². The quantitative estimate of drug-likeness (QED) is 0.611. The van der Waals surface area contributed by atoms with Gasteiger partial charge in [-0.15, -0.1) is 0 Å². The van der Waals surface area contributed by atoms with Gasteiger partial charge in [0.05, 0.1) is 4.92 Å². The summed E-state index contributed by atoms with van der Waals surface area (Å²) in [5.41, 5.74) is 0.490. The first-order chi connectivity index (χ1) is 11.5. The van der Waals surface area contributed by atoms with Gasteiger partial charge in [0.1, 0.15) is 5.69 Å². The summed E-state index contributed by atoms with van der Waals surface area (Å²) in [5, 5.41) is 14.0. The Hall–Kier alpha value is -2.15. The van der Waals surface area contributed by atoms with Crippen molar-refractivity contribution >= 4 is 17.3 Å². The number of amides is 1. The number of anilines is 1. The van der Waals surface area contributed by atoms with Crippen LogP contribution in [0, 0.1) is 16.0 Å². The van der Waals surface area contributed by atoms with Crippen LogP contribution in [0.1, 0.15) is 20.3 Å². The van der Waals surface area contributed by atoms with E-state index in [1.807, 2.05) is 4.90 Å². The van der Waals surface area contributed by atoms with Gasteiger partial charge in [0.2, 0.25) is 5.91 Å². The summed E-state index contributed by atoms with van der Waals surface area (Å²) in [6.07, 6.45) is 0.343. The Labute approximate surface area is 142 Å². The fraction of sp³-hybridized carbons (Fsp3) is 0.588. The minimum atomic E-state index is -0.419. The Kier molecular flexibility index (Phi) is 6.54. The number of nitrogens with zero attached hydrogens (tertiary/aromatic N) is 3. The summed E-state index contributed by atoms with van der Waals surface area (Å²) >= 11 is 0. The zero-order valence-electron chi connectivity index (χ0n) is 14.4. The fourth-order valence-corrected chi connectivity index (χ4v) is 2.94. The van der Waals surface area contributed by atoms with Gasteiger partial charge < -0.3 is 10.2 Å². The molecule has 1 aliphatic heterocycles. The summed E-state index contributed by atoms with van der Waals surface area (Å²) < 4.78 is 0. The number of rotatable bonds is 7. The molecule has 0 radical (unpaired) electrons. The van der Waals surface area contributed by atoms with Crippen molar-refractivity contribution in [2.75, 3.05) is 44.6 Å². The van der Waals surface area contributed by atoms with Crippen LogP contribution in [-0.4, -0.2) is 59.9 Å². The first-order valence-electron chi connectivity index (χ1n) is 8.45. The van der Waals surface area contributed by atoms with Crippen molar-refractivity contribution in [2.45, 2.75) is 20.3 Å². The molecule has 0 spiro atoms. The zero-order valence-corrected chi connectivity index (χ0v) is 14.4. The second kappa shape index (κ2) is 8.63. The van der Waals surface area contributed by atoms with E-state index in [0.29, 0.717) is 24.6 Å². The molecule has 1 fully saturated rings. The van der Waals surface area contributed by atoms with Gasteiger partial charge in [-0.3, -0.25) is 19.8 Å². The van der Waals surface area contributed by atoms with Gasteiger partial charge in [-0.2, -0.15) is 0 Å². The minimum Gasteiger partial charge on any atom is -0.379 e. The number of nitrogens with one attached hydrogen (secondary N) is 1. The highest BCUT2D eigenvalue weighted by Crippen LogP contribution is 2.22. The van der Waals surface area contributed by atoms with Gasteiger partial charge in [0.25, 0.3) is 5.69 Å². The zero-order chi connectivity index (χ0) is 17.5. The first-order valence-corrected chi connectivity index (χ1v) is 8.45. The van der Waals surface area contributed by atoms with E-state index in [1.54, 1.807) is 18.2 Å². The van der Waals surface area contributed by atoms with Crippen molar-refractivity contribution in [3.63, 3.8) is 0 Å². The summed E-state index contributed by atoms with van der Waals surface area (Å²) in [5.74, 6) is 0.739. The monoisotopic (exact) mass is 334 g/mol. The highest BCUT2D eigenvalue weighted by atomic mass is 16.6. The Morgan fingerprint density at radius 3 is 2.54 bits per heavy atom. The molecule has 0 unspecified atom stereocenters. The lowest BCUT2D eigenvalue weighted by Gasteiger charge is -2.35. The number of hydrogen-bond donors (Lipinski definition) is 1. The van der Waals surface area contributed by atoms with Gasteiger partial charge >= 0.3 is 0 Å². The Morgan fingerprint density at radius 2 is 1.92 bits per heavy atom. The summed E-state index contributed by atoms with van der Waals surface area (Å²) in [6.45, 7) is 9.23. The topological polar surface area (TPSA) is 78.7 Å². The molecule has 132 valence electrons. The fourth-order valence-electron chi connectivity index (χ4n) is 2.94. The lowest BCUT2D eigenvalue weighted by molar-refractivity contribution is -0.384. The van der Waals surface area contributed by atoms with E-state index in [4.69, 9.17) is 0 Å². The molecule has 1 heterocycles. The van der Waals surface area contributed by atoms with Crippen LogP contribution in [0.5, 0.6) is 0 Å². The lowest BCUT2D eigenvalue weighted by atomic mass is 10.2. The van der Waals surface area contributed by atoms with Crippen LogP contribution in [0.4, 0.5) is 11.4 Å². The van der Waals surface area contributed by atoms with Crippen LogP contribution >= 0.6 is 0 Å². The average molecular weight is 334 g/mol. The molecule has 1 amide bonds. The molecule has 0 saturated carbocycles. The van der Waals surface area contributed by atoms with Crippen LogP contribution < -0.4 is 5.32 Å². The first kappa shape index (κ1) is 18.2. The second-order valence-corrected chi connectivity index (χ2v) is 6.53. The number of benzene rings is 1. The van der Waals surface area contributed by atoms with Crippen LogP contribution in [0.25, 0.3) is 0 Å². The number of para-hydroxylation sites is 2. The second-order valence-electron chi connectivity index (χ2n) is 6.53. The van der Waals surface area contributed by atoms with Gasteiger partial charge in [-0.1, -0.05) is 26.0 Å². The van der Waals surface area contributed by atoms with E-state index in [1.165, 1.54) is 6.07 Å². The molecule has 0 atom stereocenters. The Balaban J connectivity index is 1.76. The molecule has 7 heteroatoms. The highest BCUT2D eigenvalue weighted by Gasteiger charge is 2.21. The van der Waals surface area contributed by atoms with Crippen LogP contribution in [-0.2, 0) is 4.79 Å². The van der Waals surface area contributed by atoms with E-state index in [2.05, 4.69) is 24.1 Å². The summed E-state index contributed by atoms with van der Waals surface area (Å²) in [7, 11) is 0. The lowest BCUT2D eigenvalue weighted by Crippen LogP contribution is -2.49. The van der Waals surface area contributed by atoms with E-state index < -0.39 is 4.92 Å². The van der Waals surface area contributed by atoms with Crippen LogP contribution in [0.2, 0.25) is 0 Å². The summed E-state index contributed by atoms with van der Waals surface area (Å²) in [6, 6.07) is 6.49. The minimum absolute atomic E-state index is 0.0345. The highest BCUT2D eigenvalue weighted by molar-refractivity contribution is 5.77. The van der Waals surface area contributed by atoms with E-state index in [0.717, 1.165) is 32.7 Å². The maximum absolute atomic E-state index is 12.3. The molecule has 0 aromatic heterocycles. The van der Waals surface area contributed by atoms with Gasteiger partial charge in [-0.05, 0) is 12.0 Å². The molecule has 2 rings (SSSR count). The molecule has 0 aliphatic carbocycles. The van der Waals surface area contributed by atoms with Gasteiger partial charge in [-0.25, -0.2) is 0 Å². The van der Waals surface area contributed by atoms with Crippen molar-refractivity contribution in [1.82, 2.24) is 9.80 Å². The maximum atomic E-state index is 12.3. The van der Waals surface area contributed by atoms with E-state index >= 15 is 0 Å². The standard InChI is InChI=1S/C17H26N4O3/c1-14(2)13-19-9-11-20(12-10-19)17(22)7-8-18-15-5-3-4-6-16(15)21(23)24/h3-6,14,18H,7-13H2,1-2H3. The normalized spacial score (nSPS) is 15.5. The maximum Gasteiger partial charge on any atom is 0.292 e. The molecule has 1 aliphatic rings. The third-order valence-corrected chi connectivity index (χ3v) is 4.10. The average Bonchev–Trinajstić information content (AvgIpc) is 2.55. The molecular formula is C17H26N4O3. The largest absolute Gasteiger partial charge is 0.379 e. The van der Waals surface area contributed by atoms with Crippen molar-refractivity contribution in [3.05, 3.63) is 34.4 Å². The third kappa shape index (κ3) is 5.19. The van der Waals surface area contributed by atoms with Crippen molar-refractivity contribution in [1.29, 1.82) is 0 Å². The molecule has 24 heavy (non-hydrogen) atoms.